The summed E-state index contributed by atoms with van der Waals surface area (Å²) in [5, 5.41) is 0. The second kappa shape index (κ2) is 5.07. The second-order valence-electron chi connectivity index (χ2n) is 5.70. The van der Waals surface area contributed by atoms with E-state index < -0.39 is 17.2 Å². The zero-order valence-corrected chi connectivity index (χ0v) is 12.3. The van der Waals surface area contributed by atoms with Crippen molar-refractivity contribution in [3.05, 3.63) is 23.7 Å². The Hall–Kier alpha value is -1.78. The van der Waals surface area contributed by atoms with Gasteiger partial charge in [0.05, 0.1) is 6.26 Å². The van der Waals surface area contributed by atoms with E-state index in [1.165, 1.54) is 18.2 Å². The largest absolute Gasteiger partial charge is 0.469 e. The maximum Gasteiger partial charge on any atom is 0.411 e. The first kappa shape index (κ1) is 15.3. The maximum atomic E-state index is 12.1. The molecular formula is C14H21NO4. The third-order valence-corrected chi connectivity index (χ3v) is 3.00. The van der Waals surface area contributed by atoms with Crippen molar-refractivity contribution in [2.24, 2.45) is 0 Å². The molecule has 1 aromatic rings. The first-order chi connectivity index (χ1) is 8.62. The molecule has 1 atom stereocenters. The monoisotopic (exact) mass is 267 g/mol. The summed E-state index contributed by atoms with van der Waals surface area (Å²) in [6, 6.07) is 1.69. The van der Waals surface area contributed by atoms with E-state index in [1.807, 2.05) is 0 Å². The number of hydrogen-bond acceptors (Lipinski definition) is 4. The van der Waals surface area contributed by atoms with E-state index in [0.717, 1.165) is 6.29 Å². The van der Waals surface area contributed by atoms with E-state index in [1.54, 1.807) is 40.7 Å². The fourth-order valence-corrected chi connectivity index (χ4v) is 1.75. The second-order valence-corrected chi connectivity index (χ2v) is 5.70. The summed E-state index contributed by atoms with van der Waals surface area (Å²) in [7, 11) is 1.54. The van der Waals surface area contributed by atoms with Crippen LogP contribution in [0.3, 0.4) is 0 Å². The van der Waals surface area contributed by atoms with Gasteiger partial charge in [-0.25, -0.2) is 4.79 Å². The van der Waals surface area contributed by atoms with Crippen LogP contribution >= 0.6 is 0 Å². The van der Waals surface area contributed by atoms with Crippen molar-refractivity contribution < 1.29 is 18.7 Å². The van der Waals surface area contributed by atoms with Gasteiger partial charge in [0, 0.05) is 12.6 Å². The number of carbonyl (C=O) groups excluding carboxylic acids is 2. The lowest BCUT2D eigenvalue weighted by Crippen LogP contribution is -2.48. The van der Waals surface area contributed by atoms with E-state index in [9.17, 15) is 9.59 Å². The number of likely N-dealkylation sites (N-methyl/N-ethyl adjacent to an activating group) is 1. The summed E-state index contributed by atoms with van der Waals surface area (Å²) < 4.78 is 10.5. The predicted octanol–water partition coefficient (Wildman–Crippen LogP) is 2.87. The topological polar surface area (TPSA) is 59.8 Å². The average molecular weight is 267 g/mol. The van der Waals surface area contributed by atoms with Crippen molar-refractivity contribution >= 4 is 12.4 Å². The van der Waals surface area contributed by atoms with E-state index in [0.29, 0.717) is 11.3 Å². The highest BCUT2D eigenvalue weighted by Crippen LogP contribution is 2.29. The van der Waals surface area contributed by atoms with Crippen LogP contribution in [0.15, 0.2) is 16.7 Å². The van der Waals surface area contributed by atoms with Crippen molar-refractivity contribution in [1.29, 1.82) is 0 Å². The Kier molecular flexibility index (Phi) is 4.08. The maximum absolute atomic E-state index is 12.1. The number of ether oxygens (including phenoxy) is 1. The van der Waals surface area contributed by atoms with Crippen LogP contribution in [-0.4, -0.2) is 29.9 Å². The van der Waals surface area contributed by atoms with Crippen molar-refractivity contribution in [2.75, 3.05) is 7.05 Å². The van der Waals surface area contributed by atoms with Crippen LogP contribution in [0.1, 0.15) is 39.0 Å². The minimum Gasteiger partial charge on any atom is -0.469 e. The standard InChI is InChI=1S/C14H21NO4/c1-10-11(7-8-18-10)14(5,9-16)15(6)12(17)19-13(2,3)4/h7-9H,1-6H3. The first-order valence-electron chi connectivity index (χ1n) is 6.09. The smallest absolute Gasteiger partial charge is 0.411 e. The zero-order chi connectivity index (χ0) is 14.8. The molecule has 1 amide bonds. The third kappa shape index (κ3) is 3.16. The first-order valence-corrected chi connectivity index (χ1v) is 6.09. The van der Waals surface area contributed by atoms with Gasteiger partial charge in [0.2, 0.25) is 0 Å². The van der Waals surface area contributed by atoms with E-state index >= 15 is 0 Å². The van der Waals surface area contributed by atoms with E-state index in [-0.39, 0.29) is 0 Å². The fourth-order valence-electron chi connectivity index (χ4n) is 1.75. The number of amides is 1. The van der Waals surface area contributed by atoms with E-state index in [2.05, 4.69) is 0 Å². The average Bonchev–Trinajstić information content (AvgIpc) is 2.71. The van der Waals surface area contributed by atoms with Crippen molar-refractivity contribution in [1.82, 2.24) is 4.90 Å². The summed E-state index contributed by atoms with van der Waals surface area (Å²) in [5.41, 5.74) is -1.07. The molecular weight excluding hydrogens is 246 g/mol. The van der Waals surface area contributed by atoms with Crippen molar-refractivity contribution in [2.45, 2.75) is 45.8 Å². The van der Waals surface area contributed by atoms with Gasteiger partial charge in [0.25, 0.3) is 0 Å². The molecule has 0 saturated heterocycles. The highest BCUT2D eigenvalue weighted by atomic mass is 16.6. The lowest BCUT2D eigenvalue weighted by atomic mass is 9.93. The summed E-state index contributed by atoms with van der Waals surface area (Å²) in [6.45, 7) is 8.74. The van der Waals surface area contributed by atoms with Gasteiger partial charge in [-0.3, -0.25) is 4.90 Å². The fraction of sp³-hybridized carbons (Fsp3) is 0.571. The van der Waals surface area contributed by atoms with Gasteiger partial charge < -0.3 is 13.9 Å². The molecule has 5 heteroatoms. The van der Waals surface area contributed by atoms with Gasteiger partial charge in [-0.2, -0.15) is 0 Å². The molecule has 1 rings (SSSR count). The quantitative estimate of drug-likeness (QED) is 0.790. The zero-order valence-electron chi connectivity index (χ0n) is 12.3. The van der Waals surface area contributed by atoms with Gasteiger partial charge in [-0.1, -0.05) is 0 Å². The number of aldehydes is 1. The molecule has 0 spiro atoms. The van der Waals surface area contributed by atoms with Crippen molar-refractivity contribution in [3.63, 3.8) is 0 Å². The molecule has 19 heavy (non-hydrogen) atoms. The van der Waals surface area contributed by atoms with Gasteiger partial charge in [0.15, 0.2) is 0 Å². The van der Waals surface area contributed by atoms with Gasteiger partial charge in [-0.15, -0.1) is 0 Å². The van der Waals surface area contributed by atoms with Crippen LogP contribution in [0, 0.1) is 6.92 Å². The van der Waals surface area contributed by atoms with Gasteiger partial charge >= 0.3 is 6.09 Å². The van der Waals surface area contributed by atoms with Crippen LogP contribution in [0.2, 0.25) is 0 Å². The molecule has 0 bridgehead atoms. The molecule has 0 aliphatic carbocycles. The highest BCUT2D eigenvalue weighted by molar-refractivity contribution is 5.78. The Morgan fingerprint density at radius 2 is 1.95 bits per heavy atom. The Balaban J connectivity index is 3.06. The summed E-state index contributed by atoms with van der Waals surface area (Å²) >= 11 is 0. The molecule has 0 N–H and O–H groups in total. The molecule has 0 fully saturated rings. The van der Waals surface area contributed by atoms with Crippen LogP contribution in [0.4, 0.5) is 4.79 Å². The molecule has 0 aliphatic heterocycles. The number of aryl methyl sites for hydroxylation is 1. The molecule has 106 valence electrons. The SMILES string of the molecule is Cc1occc1C(C)(C=O)N(C)C(=O)OC(C)(C)C. The van der Waals surface area contributed by atoms with Crippen LogP contribution in [0.5, 0.6) is 0 Å². The van der Waals surface area contributed by atoms with Crippen LogP contribution < -0.4 is 0 Å². The number of rotatable bonds is 3. The normalized spacial score (nSPS) is 14.6. The van der Waals surface area contributed by atoms with Crippen LogP contribution in [-0.2, 0) is 15.1 Å². The molecule has 0 aromatic carbocycles. The molecule has 1 aromatic heterocycles. The molecule has 0 radical (unpaired) electrons. The number of nitrogens with zero attached hydrogens (tertiary/aromatic N) is 1. The molecule has 1 unspecified atom stereocenters. The predicted molar refractivity (Wildman–Crippen MR) is 70.9 cm³/mol. The van der Waals surface area contributed by atoms with Crippen LogP contribution in [0.25, 0.3) is 0 Å². The Labute approximate surface area is 113 Å². The number of hydrogen-bond donors (Lipinski definition) is 0. The number of furan rings is 1. The summed E-state index contributed by atoms with van der Waals surface area (Å²) in [5.74, 6) is 0.602. The third-order valence-electron chi connectivity index (χ3n) is 3.00. The minimum absolute atomic E-state index is 0.553. The summed E-state index contributed by atoms with van der Waals surface area (Å²) in [4.78, 5) is 24.9. The van der Waals surface area contributed by atoms with Crippen molar-refractivity contribution in [3.8, 4) is 0 Å². The lowest BCUT2D eigenvalue weighted by Gasteiger charge is -2.35. The molecule has 0 aliphatic rings. The van der Waals surface area contributed by atoms with Gasteiger partial charge in [-0.05, 0) is 40.7 Å². The molecule has 5 nitrogen and oxygen atoms in total. The molecule has 0 saturated carbocycles. The van der Waals surface area contributed by atoms with Gasteiger partial charge in [0.1, 0.15) is 23.2 Å². The summed E-state index contributed by atoms with van der Waals surface area (Å²) in [6.07, 6.45) is 1.66. The van der Waals surface area contributed by atoms with E-state index in [4.69, 9.17) is 9.15 Å². The lowest BCUT2D eigenvalue weighted by molar-refractivity contribution is -0.117. The Morgan fingerprint density at radius 3 is 2.32 bits per heavy atom. The Morgan fingerprint density at radius 1 is 1.37 bits per heavy atom. The number of carbonyl (C=O) groups is 2. The highest BCUT2D eigenvalue weighted by Gasteiger charge is 2.38. The molecule has 1 heterocycles. The minimum atomic E-state index is -1.11. The Bertz CT molecular complexity index is 472.